The summed E-state index contributed by atoms with van der Waals surface area (Å²) in [4.78, 5) is 23.2. The lowest BCUT2D eigenvalue weighted by atomic mass is 10.1. The molecule has 2 amide bonds. The molecule has 0 aliphatic carbocycles. The summed E-state index contributed by atoms with van der Waals surface area (Å²) >= 11 is 0. The average molecular weight is 273 g/mol. The Morgan fingerprint density at radius 3 is 2.65 bits per heavy atom. The molecule has 0 unspecified atom stereocenters. The molecule has 1 heterocycles. The van der Waals surface area contributed by atoms with E-state index in [1.165, 1.54) is 6.07 Å². The largest absolute Gasteiger partial charge is 0.360 e. The Balaban J connectivity index is 1.87. The fraction of sp³-hybridized carbons (Fsp3) is 0.214. The van der Waals surface area contributed by atoms with Crippen molar-refractivity contribution >= 4 is 17.6 Å². The maximum atomic E-state index is 11.6. The summed E-state index contributed by atoms with van der Waals surface area (Å²) in [7, 11) is 0. The third kappa shape index (κ3) is 3.68. The van der Waals surface area contributed by atoms with Crippen LogP contribution in [0.5, 0.6) is 0 Å². The molecule has 1 aromatic carbocycles. The van der Waals surface area contributed by atoms with Crippen LogP contribution < -0.4 is 10.6 Å². The van der Waals surface area contributed by atoms with Gasteiger partial charge in [0, 0.05) is 12.6 Å². The van der Waals surface area contributed by atoms with E-state index in [-0.39, 0.29) is 5.82 Å². The summed E-state index contributed by atoms with van der Waals surface area (Å²) in [5, 5.41) is 8.48. The highest BCUT2D eigenvalue weighted by molar-refractivity contribution is 6.39. The SMILES string of the molecule is Cc1cccc(CNC(=O)C(=O)Nc2cc(C)on2)c1. The second kappa shape index (κ2) is 6.01. The smallest absolute Gasteiger partial charge is 0.314 e. The number of carbonyl (C=O) groups is 2. The molecule has 20 heavy (non-hydrogen) atoms. The molecule has 0 saturated heterocycles. The third-order valence-corrected chi connectivity index (χ3v) is 2.61. The van der Waals surface area contributed by atoms with Crippen molar-refractivity contribution in [3.63, 3.8) is 0 Å². The zero-order chi connectivity index (χ0) is 14.5. The van der Waals surface area contributed by atoms with Gasteiger partial charge in [0.15, 0.2) is 5.82 Å². The number of aryl methyl sites for hydroxylation is 2. The standard InChI is InChI=1S/C14H15N3O3/c1-9-4-3-5-11(6-9)8-15-13(18)14(19)16-12-7-10(2)20-17-12/h3-7H,8H2,1-2H3,(H,15,18)(H,16,17,19). The minimum absolute atomic E-state index is 0.221. The lowest BCUT2D eigenvalue weighted by Gasteiger charge is -2.05. The number of carbonyl (C=O) groups excluding carboxylic acids is 2. The average Bonchev–Trinajstić information content (AvgIpc) is 2.81. The van der Waals surface area contributed by atoms with Crippen LogP contribution in [-0.4, -0.2) is 17.0 Å². The van der Waals surface area contributed by atoms with Crippen molar-refractivity contribution in [2.24, 2.45) is 0 Å². The number of anilines is 1. The zero-order valence-corrected chi connectivity index (χ0v) is 11.3. The monoisotopic (exact) mass is 273 g/mol. The van der Waals surface area contributed by atoms with Crippen LogP contribution in [0.3, 0.4) is 0 Å². The third-order valence-electron chi connectivity index (χ3n) is 2.61. The van der Waals surface area contributed by atoms with Gasteiger partial charge in [-0.2, -0.15) is 0 Å². The van der Waals surface area contributed by atoms with Crippen LogP contribution in [0.25, 0.3) is 0 Å². The highest BCUT2D eigenvalue weighted by Gasteiger charge is 2.15. The van der Waals surface area contributed by atoms with E-state index in [2.05, 4.69) is 15.8 Å². The number of benzene rings is 1. The molecule has 0 aliphatic rings. The molecule has 2 aromatic rings. The predicted octanol–water partition coefficient (Wildman–Crippen LogP) is 1.55. The number of hydrogen-bond acceptors (Lipinski definition) is 4. The molecule has 0 spiro atoms. The van der Waals surface area contributed by atoms with Crippen LogP contribution in [0.1, 0.15) is 16.9 Å². The van der Waals surface area contributed by atoms with Gasteiger partial charge >= 0.3 is 11.8 Å². The number of hydrogen-bond donors (Lipinski definition) is 2. The number of rotatable bonds is 3. The van der Waals surface area contributed by atoms with Gasteiger partial charge in [-0.1, -0.05) is 35.0 Å². The summed E-state index contributed by atoms with van der Waals surface area (Å²) < 4.78 is 4.79. The number of nitrogens with one attached hydrogen (secondary N) is 2. The van der Waals surface area contributed by atoms with E-state index >= 15 is 0 Å². The Hall–Kier alpha value is -2.63. The Morgan fingerprint density at radius 1 is 1.20 bits per heavy atom. The van der Waals surface area contributed by atoms with Gasteiger partial charge in [0.25, 0.3) is 0 Å². The fourth-order valence-electron chi connectivity index (χ4n) is 1.68. The molecule has 6 nitrogen and oxygen atoms in total. The maximum Gasteiger partial charge on any atom is 0.314 e. The van der Waals surface area contributed by atoms with Crippen LogP contribution >= 0.6 is 0 Å². The van der Waals surface area contributed by atoms with Crippen LogP contribution in [0.4, 0.5) is 5.82 Å². The Labute approximate surface area is 116 Å². The van der Waals surface area contributed by atoms with E-state index in [9.17, 15) is 9.59 Å². The molecule has 1 aromatic heterocycles. The summed E-state index contributed by atoms with van der Waals surface area (Å²) in [6.07, 6.45) is 0. The van der Waals surface area contributed by atoms with Crippen molar-refractivity contribution in [3.05, 3.63) is 47.2 Å². The molecule has 0 radical (unpaired) electrons. The van der Waals surface area contributed by atoms with E-state index in [1.807, 2.05) is 31.2 Å². The summed E-state index contributed by atoms with van der Waals surface area (Å²) in [5.41, 5.74) is 2.03. The summed E-state index contributed by atoms with van der Waals surface area (Å²) in [6.45, 7) is 3.96. The minimum atomic E-state index is -0.772. The van der Waals surface area contributed by atoms with Crippen molar-refractivity contribution in [2.45, 2.75) is 20.4 Å². The molecule has 0 aliphatic heterocycles. The lowest BCUT2D eigenvalue weighted by Crippen LogP contribution is -2.35. The number of aromatic nitrogens is 1. The molecular weight excluding hydrogens is 258 g/mol. The van der Waals surface area contributed by atoms with E-state index in [0.29, 0.717) is 12.3 Å². The molecule has 2 rings (SSSR count). The highest BCUT2D eigenvalue weighted by Crippen LogP contribution is 2.07. The van der Waals surface area contributed by atoms with Crippen molar-refractivity contribution < 1.29 is 14.1 Å². The molecule has 0 fully saturated rings. The molecule has 104 valence electrons. The van der Waals surface area contributed by atoms with E-state index in [4.69, 9.17) is 4.52 Å². The van der Waals surface area contributed by atoms with Gasteiger partial charge in [-0.25, -0.2) is 0 Å². The van der Waals surface area contributed by atoms with Gasteiger partial charge < -0.3 is 9.84 Å². The van der Waals surface area contributed by atoms with Gasteiger partial charge in [0.05, 0.1) is 0 Å². The fourth-order valence-corrected chi connectivity index (χ4v) is 1.68. The van der Waals surface area contributed by atoms with E-state index in [1.54, 1.807) is 6.92 Å². The normalized spacial score (nSPS) is 10.1. The molecular formula is C14H15N3O3. The van der Waals surface area contributed by atoms with Crippen molar-refractivity contribution in [1.82, 2.24) is 10.5 Å². The second-order valence-electron chi connectivity index (χ2n) is 4.45. The Bertz CT molecular complexity index is 634. The molecule has 0 saturated carbocycles. The van der Waals surface area contributed by atoms with Gasteiger partial charge in [-0.05, 0) is 19.4 Å². The van der Waals surface area contributed by atoms with E-state index in [0.717, 1.165) is 11.1 Å². The lowest BCUT2D eigenvalue weighted by molar-refractivity contribution is -0.136. The quantitative estimate of drug-likeness (QED) is 0.831. The van der Waals surface area contributed by atoms with Gasteiger partial charge in [0.2, 0.25) is 0 Å². The molecule has 0 bridgehead atoms. The number of nitrogens with zero attached hydrogens (tertiary/aromatic N) is 1. The first-order valence-electron chi connectivity index (χ1n) is 6.12. The molecule has 2 N–H and O–H groups in total. The Morgan fingerprint density at radius 2 is 2.00 bits per heavy atom. The van der Waals surface area contributed by atoms with E-state index < -0.39 is 11.8 Å². The summed E-state index contributed by atoms with van der Waals surface area (Å²) in [6, 6.07) is 9.22. The Kier molecular flexibility index (Phi) is 4.14. The predicted molar refractivity (Wildman–Crippen MR) is 72.9 cm³/mol. The van der Waals surface area contributed by atoms with Crippen LogP contribution in [-0.2, 0) is 16.1 Å². The number of amides is 2. The second-order valence-corrected chi connectivity index (χ2v) is 4.45. The zero-order valence-electron chi connectivity index (χ0n) is 11.3. The first kappa shape index (κ1) is 13.8. The van der Waals surface area contributed by atoms with Crippen LogP contribution in [0.2, 0.25) is 0 Å². The first-order valence-corrected chi connectivity index (χ1v) is 6.12. The van der Waals surface area contributed by atoms with Crippen molar-refractivity contribution in [3.8, 4) is 0 Å². The maximum absolute atomic E-state index is 11.6. The van der Waals surface area contributed by atoms with Gasteiger partial charge in [0.1, 0.15) is 5.76 Å². The topological polar surface area (TPSA) is 84.2 Å². The van der Waals surface area contributed by atoms with Gasteiger partial charge in [-0.3, -0.25) is 14.9 Å². The van der Waals surface area contributed by atoms with Crippen LogP contribution in [0.15, 0.2) is 34.9 Å². The molecule has 0 atom stereocenters. The first-order chi connectivity index (χ1) is 9.54. The van der Waals surface area contributed by atoms with Crippen LogP contribution in [0, 0.1) is 13.8 Å². The highest BCUT2D eigenvalue weighted by atomic mass is 16.5. The minimum Gasteiger partial charge on any atom is -0.360 e. The van der Waals surface area contributed by atoms with Gasteiger partial charge in [-0.15, -0.1) is 0 Å². The molecule has 6 heteroatoms. The summed E-state index contributed by atoms with van der Waals surface area (Å²) in [5.74, 6) is -0.711. The van der Waals surface area contributed by atoms with Crippen molar-refractivity contribution in [2.75, 3.05) is 5.32 Å². The van der Waals surface area contributed by atoms with Crippen molar-refractivity contribution in [1.29, 1.82) is 0 Å².